The molecule has 29 heavy (non-hydrogen) atoms. The maximum absolute atomic E-state index is 11.5. The van der Waals surface area contributed by atoms with Crippen molar-refractivity contribution in [3.05, 3.63) is 53.1 Å². The summed E-state index contributed by atoms with van der Waals surface area (Å²) in [5.74, 6) is 0.165. The van der Waals surface area contributed by atoms with Crippen LogP contribution in [0.2, 0.25) is 0 Å². The van der Waals surface area contributed by atoms with E-state index in [1.54, 1.807) is 0 Å². The van der Waals surface area contributed by atoms with Crippen LogP contribution in [0, 0.1) is 0 Å². The van der Waals surface area contributed by atoms with Gasteiger partial charge in [0.2, 0.25) is 0 Å². The maximum atomic E-state index is 11.5. The molecule has 4 rings (SSSR count). The first-order valence-electron chi connectivity index (χ1n) is 10.6. The van der Waals surface area contributed by atoms with E-state index in [-0.39, 0.29) is 17.8 Å². The van der Waals surface area contributed by atoms with Crippen LogP contribution in [-0.2, 0) is 21.4 Å². The van der Waals surface area contributed by atoms with Gasteiger partial charge < -0.3 is 9.84 Å². The number of methoxy groups -OCH3 is 1. The number of rotatable bonds is 5. The molecule has 1 N–H and O–H groups in total. The first-order chi connectivity index (χ1) is 13.8. The summed E-state index contributed by atoms with van der Waals surface area (Å²) >= 11 is 0. The van der Waals surface area contributed by atoms with Gasteiger partial charge in [-0.15, -0.1) is 0 Å². The molecule has 0 bridgehead atoms. The Balaban J connectivity index is 1.70. The van der Waals surface area contributed by atoms with E-state index < -0.39 is 0 Å². The van der Waals surface area contributed by atoms with Gasteiger partial charge >= 0.3 is 5.97 Å². The number of phenolic OH excluding ortho intramolecular Hbond substituents is 1. The van der Waals surface area contributed by atoms with E-state index in [2.05, 4.69) is 31.9 Å². The lowest BCUT2D eigenvalue weighted by Crippen LogP contribution is -2.35. The normalized spacial score (nSPS) is 20.4. The molecule has 0 radical (unpaired) electrons. The highest BCUT2D eigenvalue weighted by molar-refractivity contribution is 5.74. The van der Waals surface area contributed by atoms with Crippen LogP contribution in [-0.4, -0.2) is 36.2 Å². The Kier molecular flexibility index (Phi) is 5.16. The SMILES string of the molecule is COC(=O)Cc1ccc(-c2cc(O)c3c(c2)C(C)(C)CCC3N(C)C2CC2)cc1. The van der Waals surface area contributed by atoms with Crippen molar-refractivity contribution in [2.75, 3.05) is 14.2 Å². The molecule has 4 nitrogen and oxygen atoms in total. The zero-order chi connectivity index (χ0) is 20.8. The molecule has 1 saturated carbocycles. The van der Waals surface area contributed by atoms with Gasteiger partial charge in [-0.3, -0.25) is 9.69 Å². The quantitative estimate of drug-likeness (QED) is 0.728. The Bertz CT molecular complexity index is 912. The van der Waals surface area contributed by atoms with Crippen molar-refractivity contribution in [1.82, 2.24) is 4.90 Å². The number of ether oxygens (including phenoxy) is 1. The first kappa shape index (κ1) is 20.0. The summed E-state index contributed by atoms with van der Waals surface area (Å²) in [7, 11) is 3.61. The van der Waals surface area contributed by atoms with Crippen LogP contribution in [0.5, 0.6) is 5.75 Å². The minimum Gasteiger partial charge on any atom is -0.508 e. The van der Waals surface area contributed by atoms with Crippen LogP contribution in [0.15, 0.2) is 36.4 Å². The second-order valence-corrected chi connectivity index (χ2v) is 9.24. The predicted molar refractivity (Wildman–Crippen MR) is 115 cm³/mol. The van der Waals surface area contributed by atoms with E-state index >= 15 is 0 Å². The zero-order valence-corrected chi connectivity index (χ0v) is 17.9. The maximum Gasteiger partial charge on any atom is 0.309 e. The first-order valence-corrected chi connectivity index (χ1v) is 10.6. The van der Waals surface area contributed by atoms with Crippen molar-refractivity contribution in [2.45, 2.75) is 63.5 Å². The van der Waals surface area contributed by atoms with E-state index in [1.807, 2.05) is 30.3 Å². The summed E-state index contributed by atoms with van der Waals surface area (Å²) in [5.41, 5.74) is 5.40. The fourth-order valence-corrected chi connectivity index (χ4v) is 4.69. The molecule has 1 fully saturated rings. The highest BCUT2D eigenvalue weighted by atomic mass is 16.5. The Morgan fingerprint density at radius 2 is 1.83 bits per heavy atom. The van der Waals surface area contributed by atoms with Crippen LogP contribution in [0.1, 0.15) is 62.3 Å². The van der Waals surface area contributed by atoms with Crippen molar-refractivity contribution < 1.29 is 14.6 Å². The van der Waals surface area contributed by atoms with E-state index in [9.17, 15) is 9.90 Å². The minimum absolute atomic E-state index is 0.0362. The summed E-state index contributed by atoms with van der Waals surface area (Å²) < 4.78 is 4.74. The molecule has 0 spiro atoms. The Morgan fingerprint density at radius 1 is 1.14 bits per heavy atom. The van der Waals surface area contributed by atoms with Gasteiger partial charge in [-0.25, -0.2) is 0 Å². The highest BCUT2D eigenvalue weighted by Gasteiger charge is 2.40. The van der Waals surface area contributed by atoms with Crippen molar-refractivity contribution >= 4 is 5.97 Å². The summed E-state index contributed by atoms with van der Waals surface area (Å²) in [6.07, 6.45) is 5.00. The zero-order valence-electron chi connectivity index (χ0n) is 17.9. The van der Waals surface area contributed by atoms with Gasteiger partial charge in [0.15, 0.2) is 0 Å². The molecule has 4 heteroatoms. The molecular weight excluding hydrogens is 362 g/mol. The molecular formula is C25H31NO3. The Morgan fingerprint density at radius 3 is 2.45 bits per heavy atom. The monoisotopic (exact) mass is 393 g/mol. The van der Waals surface area contributed by atoms with Crippen molar-refractivity contribution in [3.8, 4) is 16.9 Å². The number of benzene rings is 2. The van der Waals surface area contributed by atoms with Crippen molar-refractivity contribution in [2.24, 2.45) is 0 Å². The van der Waals surface area contributed by atoms with E-state index in [0.29, 0.717) is 17.8 Å². The smallest absolute Gasteiger partial charge is 0.309 e. The van der Waals surface area contributed by atoms with Crippen LogP contribution in [0.4, 0.5) is 0 Å². The van der Waals surface area contributed by atoms with E-state index in [4.69, 9.17) is 4.74 Å². The number of esters is 1. The molecule has 154 valence electrons. The molecule has 0 amide bonds. The predicted octanol–water partition coefficient (Wildman–Crippen LogP) is 4.98. The number of hydrogen-bond acceptors (Lipinski definition) is 4. The summed E-state index contributed by atoms with van der Waals surface area (Å²) in [6.45, 7) is 4.56. The molecule has 2 aromatic rings. The number of fused-ring (bicyclic) bond motifs is 1. The van der Waals surface area contributed by atoms with Crippen LogP contribution >= 0.6 is 0 Å². The topological polar surface area (TPSA) is 49.8 Å². The van der Waals surface area contributed by atoms with E-state index in [0.717, 1.165) is 35.1 Å². The third kappa shape index (κ3) is 3.91. The standard InChI is InChI=1S/C25H31NO3/c1-25(2)12-11-21(26(3)19-9-10-19)24-20(25)14-18(15-22(24)27)17-7-5-16(6-8-17)13-23(28)29-4/h5-8,14-15,19,21,27H,9-13H2,1-4H3. The molecule has 2 aromatic carbocycles. The van der Waals surface area contributed by atoms with Crippen LogP contribution in [0.25, 0.3) is 11.1 Å². The van der Waals surface area contributed by atoms with Gasteiger partial charge in [0, 0.05) is 17.6 Å². The third-order valence-corrected chi connectivity index (χ3v) is 6.74. The lowest BCUT2D eigenvalue weighted by Gasteiger charge is -2.41. The summed E-state index contributed by atoms with van der Waals surface area (Å²) in [6, 6.07) is 13.1. The minimum atomic E-state index is -0.239. The molecule has 2 aliphatic carbocycles. The van der Waals surface area contributed by atoms with Crippen molar-refractivity contribution in [3.63, 3.8) is 0 Å². The van der Waals surface area contributed by atoms with Gasteiger partial charge in [-0.05, 0) is 66.5 Å². The number of carbonyl (C=O) groups excluding carboxylic acids is 1. The molecule has 0 heterocycles. The second kappa shape index (κ2) is 7.49. The fourth-order valence-electron chi connectivity index (χ4n) is 4.69. The van der Waals surface area contributed by atoms with Crippen molar-refractivity contribution in [1.29, 1.82) is 0 Å². The van der Waals surface area contributed by atoms with E-state index in [1.165, 1.54) is 25.5 Å². The average molecular weight is 394 g/mol. The molecule has 1 atom stereocenters. The summed E-state index contributed by atoms with van der Waals surface area (Å²) in [5, 5.41) is 11.1. The number of phenols is 1. The third-order valence-electron chi connectivity index (χ3n) is 6.74. The number of carbonyl (C=O) groups is 1. The number of hydrogen-bond donors (Lipinski definition) is 1. The highest BCUT2D eigenvalue weighted by Crippen LogP contribution is 2.50. The van der Waals surface area contributed by atoms with Gasteiger partial charge in [-0.2, -0.15) is 0 Å². The van der Waals surface area contributed by atoms with Gasteiger partial charge in [0.1, 0.15) is 5.75 Å². The molecule has 2 aliphatic rings. The number of nitrogens with zero attached hydrogens (tertiary/aromatic N) is 1. The lowest BCUT2D eigenvalue weighted by molar-refractivity contribution is -0.139. The average Bonchev–Trinajstić information content (AvgIpc) is 3.53. The van der Waals surface area contributed by atoms with Gasteiger partial charge in [0.05, 0.1) is 13.5 Å². The largest absolute Gasteiger partial charge is 0.508 e. The fraction of sp³-hybridized carbons (Fsp3) is 0.480. The molecule has 0 saturated heterocycles. The Hall–Kier alpha value is -2.33. The second-order valence-electron chi connectivity index (χ2n) is 9.24. The Labute approximate surface area is 173 Å². The van der Waals surface area contributed by atoms with Crippen LogP contribution < -0.4 is 0 Å². The summed E-state index contributed by atoms with van der Waals surface area (Å²) in [4.78, 5) is 14.0. The number of aromatic hydroxyl groups is 1. The van der Waals surface area contributed by atoms with Gasteiger partial charge in [-0.1, -0.05) is 44.2 Å². The van der Waals surface area contributed by atoms with Crippen LogP contribution in [0.3, 0.4) is 0 Å². The van der Waals surface area contributed by atoms with Gasteiger partial charge in [0.25, 0.3) is 0 Å². The lowest BCUT2D eigenvalue weighted by atomic mass is 9.69. The molecule has 1 unspecified atom stereocenters. The molecule has 0 aliphatic heterocycles. The molecule has 0 aromatic heterocycles.